The number of para-hydroxylation sites is 1. The molecule has 1 aliphatic heterocycles. The largest absolute Gasteiger partial charge is 0.334 e. The lowest BCUT2D eigenvalue weighted by atomic mass is 10.1. The van der Waals surface area contributed by atoms with Crippen LogP contribution in [0.15, 0.2) is 29.4 Å². The Morgan fingerprint density at radius 3 is 2.79 bits per heavy atom. The van der Waals surface area contributed by atoms with Crippen molar-refractivity contribution in [2.24, 2.45) is 0 Å². The first kappa shape index (κ1) is 15.8. The maximum Gasteiger partial charge on any atom is 0.211 e. The van der Waals surface area contributed by atoms with Gasteiger partial charge < -0.3 is 9.47 Å². The van der Waals surface area contributed by atoms with Gasteiger partial charge in [-0.25, -0.2) is 4.98 Å². The van der Waals surface area contributed by atoms with Crippen molar-refractivity contribution in [3.8, 4) is 0 Å². The van der Waals surface area contributed by atoms with Gasteiger partial charge in [0.15, 0.2) is 5.65 Å². The van der Waals surface area contributed by atoms with Gasteiger partial charge in [-0.2, -0.15) is 0 Å². The number of nitrogens with one attached hydrogen (secondary N) is 1. The summed E-state index contributed by atoms with van der Waals surface area (Å²) in [6, 6.07) is 8.35. The van der Waals surface area contributed by atoms with Crippen LogP contribution in [-0.2, 0) is 6.54 Å². The summed E-state index contributed by atoms with van der Waals surface area (Å²) >= 11 is 1.74. The first-order valence-electron chi connectivity index (χ1n) is 8.95. The molecule has 4 rings (SSSR count). The van der Waals surface area contributed by atoms with Gasteiger partial charge in [-0.1, -0.05) is 30.0 Å². The number of benzene rings is 1. The molecule has 0 radical (unpaired) electrons. The molecule has 1 saturated heterocycles. The smallest absolute Gasteiger partial charge is 0.211 e. The summed E-state index contributed by atoms with van der Waals surface area (Å²) in [6.07, 6.45) is 4.16. The molecule has 0 amide bonds. The molecule has 24 heavy (non-hydrogen) atoms. The van der Waals surface area contributed by atoms with E-state index in [2.05, 4.69) is 39.9 Å². The molecule has 2 aromatic heterocycles. The van der Waals surface area contributed by atoms with E-state index < -0.39 is 0 Å². The summed E-state index contributed by atoms with van der Waals surface area (Å²) in [4.78, 5) is 6.54. The van der Waals surface area contributed by atoms with Crippen LogP contribution >= 0.6 is 11.8 Å². The fourth-order valence-electron chi connectivity index (χ4n) is 3.66. The molecular weight excluding hydrogens is 318 g/mol. The Bertz CT molecular complexity index is 838. The normalized spacial score (nSPS) is 16.2. The van der Waals surface area contributed by atoms with E-state index in [0.29, 0.717) is 0 Å². The van der Waals surface area contributed by atoms with E-state index in [1.54, 1.807) is 16.7 Å². The molecule has 0 saturated carbocycles. The highest BCUT2D eigenvalue weighted by Crippen LogP contribution is 2.26. The van der Waals surface area contributed by atoms with Crippen LogP contribution in [0.4, 0.5) is 0 Å². The lowest BCUT2D eigenvalue weighted by Crippen LogP contribution is -3.13. The van der Waals surface area contributed by atoms with Gasteiger partial charge in [-0.3, -0.25) is 0 Å². The van der Waals surface area contributed by atoms with Gasteiger partial charge >= 0.3 is 0 Å². The molecule has 6 heteroatoms. The summed E-state index contributed by atoms with van der Waals surface area (Å²) in [6.45, 7) is 6.89. The number of aromatic nitrogens is 4. The number of thioether (sulfide) groups is 1. The first-order valence-corrected chi connectivity index (χ1v) is 9.93. The topological polar surface area (TPSA) is 48.0 Å². The van der Waals surface area contributed by atoms with Crippen LogP contribution < -0.4 is 4.90 Å². The quantitative estimate of drug-likeness (QED) is 0.722. The van der Waals surface area contributed by atoms with Crippen LogP contribution in [-0.4, -0.2) is 45.1 Å². The lowest BCUT2D eigenvalue weighted by molar-refractivity contribution is -0.902. The van der Waals surface area contributed by atoms with Crippen LogP contribution in [0.5, 0.6) is 0 Å². The molecule has 1 aliphatic rings. The second-order valence-corrected chi connectivity index (χ2v) is 7.50. The van der Waals surface area contributed by atoms with E-state index in [0.717, 1.165) is 34.0 Å². The molecule has 0 spiro atoms. The zero-order chi connectivity index (χ0) is 16.4. The van der Waals surface area contributed by atoms with Crippen molar-refractivity contribution < 1.29 is 4.90 Å². The molecule has 126 valence electrons. The molecule has 5 nitrogen and oxygen atoms in total. The van der Waals surface area contributed by atoms with Crippen molar-refractivity contribution >= 4 is 33.8 Å². The van der Waals surface area contributed by atoms with E-state index in [1.165, 1.54) is 44.4 Å². The summed E-state index contributed by atoms with van der Waals surface area (Å²) in [5, 5.41) is 10.8. The number of likely N-dealkylation sites (tertiary alicyclic amines) is 1. The van der Waals surface area contributed by atoms with Gasteiger partial charge in [0.2, 0.25) is 5.16 Å². The molecule has 1 N–H and O–H groups in total. The highest BCUT2D eigenvalue weighted by molar-refractivity contribution is 7.99. The zero-order valence-electron chi connectivity index (χ0n) is 14.2. The number of hydrogen-bond donors (Lipinski definition) is 1. The number of rotatable bonds is 5. The van der Waals surface area contributed by atoms with E-state index in [1.807, 2.05) is 6.07 Å². The first-order chi connectivity index (χ1) is 11.9. The molecule has 1 fully saturated rings. The van der Waals surface area contributed by atoms with Crippen molar-refractivity contribution in [2.45, 2.75) is 37.9 Å². The molecule has 3 aromatic rings. The fourth-order valence-corrected chi connectivity index (χ4v) is 4.48. The predicted octanol–water partition coefficient (Wildman–Crippen LogP) is 2.16. The zero-order valence-corrected chi connectivity index (χ0v) is 15.0. The Hall–Kier alpha value is -1.66. The van der Waals surface area contributed by atoms with Crippen LogP contribution in [0.25, 0.3) is 22.1 Å². The molecule has 3 heterocycles. The van der Waals surface area contributed by atoms with Crippen molar-refractivity contribution in [1.82, 2.24) is 19.7 Å². The molecule has 0 aliphatic carbocycles. The maximum absolute atomic E-state index is 4.81. The Morgan fingerprint density at radius 2 is 1.96 bits per heavy atom. The Morgan fingerprint density at radius 1 is 1.12 bits per heavy atom. The van der Waals surface area contributed by atoms with Gasteiger partial charge in [-0.05, 0) is 32.3 Å². The minimum absolute atomic E-state index is 0.802. The number of fused-ring (bicyclic) bond motifs is 3. The van der Waals surface area contributed by atoms with Gasteiger partial charge in [-0.15, -0.1) is 10.2 Å². The lowest BCUT2D eigenvalue weighted by Gasteiger charge is -2.22. The SMILES string of the molecule is CCn1c2ccccc2c2nnc(SCC[NH+]3CCCCC3)nc21. The van der Waals surface area contributed by atoms with Crippen molar-refractivity contribution in [3.63, 3.8) is 0 Å². The molecule has 0 atom stereocenters. The predicted molar refractivity (Wildman–Crippen MR) is 98.6 cm³/mol. The van der Waals surface area contributed by atoms with Crippen LogP contribution in [0.3, 0.4) is 0 Å². The average Bonchev–Trinajstić information content (AvgIpc) is 2.95. The Kier molecular flexibility index (Phi) is 4.67. The highest BCUT2D eigenvalue weighted by Gasteiger charge is 2.15. The third-order valence-corrected chi connectivity index (χ3v) is 5.76. The van der Waals surface area contributed by atoms with Crippen LogP contribution in [0.2, 0.25) is 0 Å². The number of quaternary nitrogens is 1. The summed E-state index contributed by atoms with van der Waals surface area (Å²) in [7, 11) is 0. The third-order valence-electron chi connectivity index (χ3n) is 4.92. The van der Waals surface area contributed by atoms with Crippen molar-refractivity contribution in [2.75, 3.05) is 25.4 Å². The van der Waals surface area contributed by atoms with Gasteiger partial charge in [0, 0.05) is 11.9 Å². The Balaban J connectivity index is 1.55. The van der Waals surface area contributed by atoms with E-state index >= 15 is 0 Å². The minimum atomic E-state index is 0.802. The summed E-state index contributed by atoms with van der Waals surface area (Å²) in [5.74, 6) is 1.06. The number of piperidine rings is 1. The molecule has 0 bridgehead atoms. The van der Waals surface area contributed by atoms with Crippen LogP contribution in [0, 0.1) is 0 Å². The van der Waals surface area contributed by atoms with Gasteiger partial charge in [0.1, 0.15) is 5.52 Å². The number of nitrogens with zero attached hydrogens (tertiary/aromatic N) is 4. The molecule has 0 unspecified atom stereocenters. The monoisotopic (exact) mass is 342 g/mol. The van der Waals surface area contributed by atoms with Crippen LogP contribution in [0.1, 0.15) is 26.2 Å². The fraction of sp³-hybridized carbons (Fsp3) is 0.500. The number of hydrogen-bond acceptors (Lipinski definition) is 4. The molecule has 1 aromatic carbocycles. The Labute approximate surface area is 146 Å². The van der Waals surface area contributed by atoms with Crippen molar-refractivity contribution in [1.29, 1.82) is 0 Å². The summed E-state index contributed by atoms with van der Waals surface area (Å²) in [5.41, 5.74) is 3.07. The number of aryl methyl sites for hydroxylation is 1. The maximum atomic E-state index is 4.81. The standard InChI is InChI=1S/C18H23N5S/c1-2-23-15-9-5-4-8-14(15)16-17(23)19-18(21-20-16)24-13-12-22-10-6-3-7-11-22/h4-5,8-9H,2-3,6-7,10-13H2,1H3/p+1. The highest BCUT2D eigenvalue weighted by atomic mass is 32.2. The second kappa shape index (κ2) is 7.07. The van der Waals surface area contributed by atoms with E-state index in [-0.39, 0.29) is 0 Å². The van der Waals surface area contributed by atoms with E-state index in [9.17, 15) is 0 Å². The minimum Gasteiger partial charge on any atom is -0.334 e. The van der Waals surface area contributed by atoms with Gasteiger partial charge in [0.25, 0.3) is 0 Å². The molecular formula is C18H24N5S+. The van der Waals surface area contributed by atoms with E-state index in [4.69, 9.17) is 4.98 Å². The third kappa shape index (κ3) is 3.00. The second-order valence-electron chi connectivity index (χ2n) is 6.44. The van der Waals surface area contributed by atoms with Gasteiger partial charge in [0.05, 0.1) is 30.9 Å². The average molecular weight is 342 g/mol. The summed E-state index contributed by atoms with van der Waals surface area (Å²) < 4.78 is 2.24. The van der Waals surface area contributed by atoms with Crippen molar-refractivity contribution in [3.05, 3.63) is 24.3 Å².